The van der Waals surface area contributed by atoms with Crippen molar-refractivity contribution in [2.24, 2.45) is 40.4 Å². The minimum absolute atomic E-state index is 0.0181. The highest BCUT2D eigenvalue weighted by Crippen LogP contribution is 2.69. The predicted octanol–water partition coefficient (Wildman–Crippen LogP) is 4.37. The van der Waals surface area contributed by atoms with Crippen molar-refractivity contribution in [1.29, 1.82) is 5.26 Å². The Kier molecular flexibility index (Phi) is 3.72. The summed E-state index contributed by atoms with van der Waals surface area (Å²) in [6.45, 7) is 3.80. The van der Waals surface area contributed by atoms with Gasteiger partial charge < -0.3 is 9.84 Å². The van der Waals surface area contributed by atoms with Crippen LogP contribution in [-0.4, -0.2) is 28.5 Å². The van der Waals surface area contributed by atoms with E-state index in [4.69, 9.17) is 4.74 Å². The summed E-state index contributed by atoms with van der Waals surface area (Å²) >= 11 is 0. The van der Waals surface area contributed by atoms with Crippen molar-refractivity contribution < 1.29 is 27.8 Å². The summed E-state index contributed by atoms with van der Waals surface area (Å²) in [7, 11) is 0. The van der Waals surface area contributed by atoms with Crippen LogP contribution in [0.2, 0.25) is 0 Å². The highest BCUT2D eigenvalue weighted by Gasteiger charge is 2.75. The van der Waals surface area contributed by atoms with Crippen LogP contribution in [0.5, 0.6) is 0 Å². The Morgan fingerprint density at radius 2 is 1.83 bits per heavy atom. The summed E-state index contributed by atoms with van der Waals surface area (Å²) in [5.41, 5.74) is -5.50. The van der Waals surface area contributed by atoms with Crippen molar-refractivity contribution in [1.82, 2.24) is 0 Å². The van der Waals surface area contributed by atoms with Crippen LogP contribution in [0.15, 0.2) is 0 Å². The Morgan fingerprint density at radius 1 is 1.10 bits per heavy atom. The number of esters is 1. The molecule has 0 saturated heterocycles. The zero-order chi connectivity index (χ0) is 21.0. The zero-order valence-corrected chi connectivity index (χ0v) is 16.9. The number of fused-ring (bicyclic) bond motifs is 2. The van der Waals surface area contributed by atoms with Crippen LogP contribution in [0, 0.1) is 51.8 Å². The van der Waals surface area contributed by atoms with Gasteiger partial charge in [0.15, 0.2) is 5.41 Å². The molecule has 0 aromatic heterocycles. The summed E-state index contributed by atoms with van der Waals surface area (Å²) in [4.78, 5) is 13.3. The lowest BCUT2D eigenvalue weighted by Gasteiger charge is -2.62. The van der Waals surface area contributed by atoms with E-state index in [1.54, 1.807) is 0 Å². The van der Waals surface area contributed by atoms with Crippen LogP contribution < -0.4 is 0 Å². The van der Waals surface area contributed by atoms with E-state index >= 15 is 0 Å². The molecule has 6 fully saturated rings. The van der Waals surface area contributed by atoms with Gasteiger partial charge in [0.2, 0.25) is 0 Å². The average Bonchev–Trinajstić information content (AvgIpc) is 3.10. The molecule has 0 amide bonds. The van der Waals surface area contributed by atoms with E-state index in [-0.39, 0.29) is 42.9 Å². The zero-order valence-electron chi connectivity index (χ0n) is 16.9. The van der Waals surface area contributed by atoms with Crippen molar-refractivity contribution in [3.8, 4) is 6.07 Å². The van der Waals surface area contributed by atoms with Crippen molar-refractivity contribution >= 4 is 5.97 Å². The highest BCUT2D eigenvalue weighted by atomic mass is 19.4. The third-order valence-electron chi connectivity index (χ3n) is 9.39. The molecule has 0 aliphatic heterocycles. The van der Waals surface area contributed by atoms with Crippen LogP contribution in [-0.2, 0) is 9.53 Å². The van der Waals surface area contributed by atoms with Gasteiger partial charge in [-0.1, -0.05) is 13.8 Å². The molecule has 6 aliphatic rings. The van der Waals surface area contributed by atoms with Gasteiger partial charge in [-0.15, -0.1) is 0 Å². The summed E-state index contributed by atoms with van der Waals surface area (Å²) in [6, 6.07) is 2.31. The second-order valence-electron chi connectivity index (χ2n) is 11.2. The lowest BCUT2D eigenvalue weighted by molar-refractivity contribution is -0.276. The molecule has 0 heterocycles. The quantitative estimate of drug-likeness (QED) is 0.685. The second-order valence-corrected chi connectivity index (χ2v) is 11.2. The molecular weight excluding hydrogens is 383 g/mol. The average molecular weight is 411 g/mol. The number of hydrogen-bond donors (Lipinski definition) is 1. The summed E-state index contributed by atoms with van der Waals surface area (Å²) in [5.74, 6) is -2.02. The lowest BCUT2D eigenvalue weighted by Crippen LogP contribution is -2.65. The number of halogens is 3. The van der Waals surface area contributed by atoms with Crippen molar-refractivity contribution in [2.75, 3.05) is 0 Å². The Morgan fingerprint density at radius 3 is 2.38 bits per heavy atom. The Balaban J connectivity index is 1.49. The van der Waals surface area contributed by atoms with E-state index < -0.39 is 40.1 Å². The molecule has 6 aliphatic carbocycles. The van der Waals surface area contributed by atoms with Crippen molar-refractivity contribution in [2.45, 2.75) is 82.6 Å². The monoisotopic (exact) mass is 411 g/mol. The third-order valence-corrected chi connectivity index (χ3v) is 9.39. The molecule has 9 unspecified atom stereocenters. The van der Waals surface area contributed by atoms with Gasteiger partial charge >= 0.3 is 12.1 Å². The van der Waals surface area contributed by atoms with Crippen LogP contribution in [0.25, 0.3) is 0 Å². The smallest absolute Gasteiger partial charge is 0.405 e. The lowest BCUT2D eigenvalue weighted by atomic mass is 9.46. The maximum atomic E-state index is 14.4. The first kappa shape index (κ1) is 19.7. The molecule has 160 valence electrons. The number of hydrogen-bond acceptors (Lipinski definition) is 4. The minimum Gasteiger partial charge on any atom is -0.458 e. The maximum absolute atomic E-state index is 14.4. The van der Waals surface area contributed by atoms with Gasteiger partial charge in [0.05, 0.1) is 17.1 Å². The number of aliphatic hydroxyl groups is 1. The van der Waals surface area contributed by atoms with Gasteiger partial charge in [-0.05, 0) is 68.1 Å². The molecule has 1 N–H and O–H groups in total. The molecule has 0 radical (unpaired) electrons. The number of alkyl halides is 3. The predicted molar refractivity (Wildman–Crippen MR) is 96.0 cm³/mol. The molecule has 6 bridgehead atoms. The molecule has 29 heavy (non-hydrogen) atoms. The Labute approximate surface area is 168 Å². The van der Waals surface area contributed by atoms with Gasteiger partial charge in [0, 0.05) is 12.8 Å². The first-order chi connectivity index (χ1) is 13.4. The van der Waals surface area contributed by atoms with Crippen LogP contribution in [0.1, 0.15) is 65.2 Å². The number of nitriles is 1. The van der Waals surface area contributed by atoms with E-state index in [0.29, 0.717) is 32.1 Å². The first-order valence-electron chi connectivity index (χ1n) is 10.8. The molecule has 9 atom stereocenters. The fourth-order valence-electron chi connectivity index (χ4n) is 8.54. The topological polar surface area (TPSA) is 70.3 Å². The van der Waals surface area contributed by atoms with E-state index in [1.807, 2.05) is 13.8 Å². The van der Waals surface area contributed by atoms with Gasteiger partial charge in [-0.3, -0.25) is 4.79 Å². The standard InChI is InChI=1S/C22H28F3NO3/c1-12-13(2)16-3-15(12)7-21(16,22(23,24)25)17(27)29-20-6-14-4-18(9-20,11-26)8-19(28,5-14)10-20/h12-16,28H,3-10H2,1-2H3. The number of rotatable bonds is 2. The third kappa shape index (κ3) is 2.44. The summed E-state index contributed by atoms with van der Waals surface area (Å²) in [6.07, 6.45) is -2.08. The molecule has 6 rings (SSSR count). The number of carbonyl (C=O) groups is 1. The van der Waals surface area contributed by atoms with E-state index in [9.17, 15) is 28.3 Å². The van der Waals surface area contributed by atoms with E-state index in [1.165, 1.54) is 0 Å². The molecule has 4 nitrogen and oxygen atoms in total. The maximum Gasteiger partial charge on any atom is 0.405 e. The Bertz CT molecular complexity index is 806. The fraction of sp³-hybridized carbons (Fsp3) is 0.909. The normalized spacial score (nSPS) is 55.1. The van der Waals surface area contributed by atoms with Crippen LogP contribution in [0.3, 0.4) is 0 Å². The molecular formula is C22H28F3NO3. The minimum atomic E-state index is -4.66. The molecule has 0 aromatic rings. The molecule has 0 spiro atoms. The fourth-order valence-corrected chi connectivity index (χ4v) is 8.54. The van der Waals surface area contributed by atoms with Gasteiger partial charge in [0.25, 0.3) is 0 Å². The van der Waals surface area contributed by atoms with Gasteiger partial charge in [-0.25, -0.2) is 0 Å². The molecule has 6 saturated carbocycles. The largest absolute Gasteiger partial charge is 0.458 e. The van der Waals surface area contributed by atoms with Gasteiger partial charge in [0.1, 0.15) is 5.60 Å². The summed E-state index contributed by atoms with van der Waals surface area (Å²) in [5, 5.41) is 20.7. The molecule has 7 heteroatoms. The van der Waals surface area contributed by atoms with Gasteiger partial charge in [-0.2, -0.15) is 18.4 Å². The number of carbonyl (C=O) groups excluding carboxylic acids is 1. The van der Waals surface area contributed by atoms with Crippen molar-refractivity contribution in [3.05, 3.63) is 0 Å². The second kappa shape index (κ2) is 5.49. The molecule has 0 aromatic carbocycles. The SMILES string of the molecule is CC1C2CC(C1C)C(C(=O)OC13CC4CC(O)(CC(C#N)(C4)C1)C3)(C(F)(F)F)C2. The highest BCUT2D eigenvalue weighted by molar-refractivity contribution is 5.80. The Hall–Kier alpha value is -1.29. The van der Waals surface area contributed by atoms with Crippen molar-refractivity contribution in [3.63, 3.8) is 0 Å². The summed E-state index contributed by atoms with van der Waals surface area (Å²) < 4.78 is 49.0. The number of nitrogens with zero attached hydrogens (tertiary/aromatic N) is 1. The van der Waals surface area contributed by atoms with Crippen LogP contribution >= 0.6 is 0 Å². The van der Waals surface area contributed by atoms with Crippen LogP contribution in [0.4, 0.5) is 13.2 Å². The van der Waals surface area contributed by atoms with E-state index in [2.05, 4.69) is 6.07 Å². The first-order valence-corrected chi connectivity index (χ1v) is 10.8. The van der Waals surface area contributed by atoms with E-state index in [0.717, 1.165) is 0 Å². The number of ether oxygens (including phenoxy) is 1.